The van der Waals surface area contributed by atoms with Crippen molar-refractivity contribution in [2.75, 3.05) is 33.3 Å². The SMILES string of the molecule is COc1cccc(CC(=O)N2CCN(C(=O)c3sccc3C3CC3)CC2)c1. The fraction of sp³-hybridized carbons (Fsp3) is 0.429. The number of hydrogen-bond donors (Lipinski definition) is 0. The van der Waals surface area contributed by atoms with Gasteiger partial charge >= 0.3 is 0 Å². The number of carbonyl (C=O) groups excluding carboxylic acids is 2. The molecule has 6 heteroatoms. The van der Waals surface area contributed by atoms with Crippen molar-refractivity contribution in [3.63, 3.8) is 0 Å². The maximum atomic E-state index is 12.9. The average molecular weight is 385 g/mol. The van der Waals surface area contributed by atoms with Crippen LogP contribution in [0.3, 0.4) is 0 Å². The first-order valence-electron chi connectivity index (χ1n) is 9.43. The topological polar surface area (TPSA) is 49.9 Å². The molecule has 2 heterocycles. The van der Waals surface area contributed by atoms with Crippen molar-refractivity contribution in [2.24, 2.45) is 0 Å². The van der Waals surface area contributed by atoms with E-state index in [4.69, 9.17) is 4.74 Å². The van der Waals surface area contributed by atoms with Crippen LogP contribution >= 0.6 is 11.3 Å². The summed E-state index contributed by atoms with van der Waals surface area (Å²) in [5, 5.41) is 2.02. The Morgan fingerprint density at radius 2 is 1.85 bits per heavy atom. The van der Waals surface area contributed by atoms with E-state index in [1.165, 1.54) is 18.4 Å². The van der Waals surface area contributed by atoms with E-state index in [9.17, 15) is 9.59 Å². The summed E-state index contributed by atoms with van der Waals surface area (Å²) in [5.41, 5.74) is 2.17. The Morgan fingerprint density at radius 1 is 1.11 bits per heavy atom. The van der Waals surface area contributed by atoms with E-state index in [2.05, 4.69) is 6.07 Å². The molecular weight excluding hydrogens is 360 g/mol. The van der Waals surface area contributed by atoms with Crippen molar-refractivity contribution in [2.45, 2.75) is 25.2 Å². The summed E-state index contributed by atoms with van der Waals surface area (Å²) >= 11 is 1.55. The number of methoxy groups -OCH3 is 1. The van der Waals surface area contributed by atoms with Gasteiger partial charge in [0.25, 0.3) is 5.91 Å². The molecule has 0 unspecified atom stereocenters. The molecule has 1 aromatic heterocycles. The van der Waals surface area contributed by atoms with Gasteiger partial charge in [-0.25, -0.2) is 0 Å². The second-order valence-corrected chi connectivity index (χ2v) is 8.10. The Balaban J connectivity index is 1.33. The quantitative estimate of drug-likeness (QED) is 0.796. The van der Waals surface area contributed by atoms with E-state index in [0.29, 0.717) is 38.5 Å². The van der Waals surface area contributed by atoms with Gasteiger partial charge in [0.1, 0.15) is 5.75 Å². The Morgan fingerprint density at radius 3 is 2.56 bits per heavy atom. The lowest BCUT2D eigenvalue weighted by molar-refractivity contribution is -0.131. The Labute approximate surface area is 163 Å². The minimum absolute atomic E-state index is 0.102. The van der Waals surface area contributed by atoms with Crippen LogP contribution < -0.4 is 4.74 Å². The number of piperazine rings is 1. The molecule has 1 aliphatic carbocycles. The molecule has 142 valence electrons. The zero-order valence-electron chi connectivity index (χ0n) is 15.5. The molecule has 0 bridgehead atoms. The normalized spacial score (nSPS) is 17.1. The first kappa shape index (κ1) is 18.0. The van der Waals surface area contributed by atoms with E-state index >= 15 is 0 Å². The van der Waals surface area contributed by atoms with Crippen LogP contribution in [0.15, 0.2) is 35.7 Å². The molecule has 5 nitrogen and oxygen atoms in total. The minimum atomic E-state index is 0.102. The summed E-state index contributed by atoms with van der Waals surface area (Å²) in [4.78, 5) is 30.1. The molecule has 1 aliphatic heterocycles. The number of rotatable bonds is 5. The smallest absolute Gasteiger partial charge is 0.264 e. The fourth-order valence-corrected chi connectivity index (χ4v) is 4.53. The van der Waals surface area contributed by atoms with Crippen molar-refractivity contribution in [3.8, 4) is 5.75 Å². The molecule has 0 N–H and O–H groups in total. The monoisotopic (exact) mass is 384 g/mol. The lowest BCUT2D eigenvalue weighted by atomic mass is 10.1. The van der Waals surface area contributed by atoms with Crippen LogP contribution in [0, 0.1) is 0 Å². The zero-order chi connectivity index (χ0) is 18.8. The van der Waals surface area contributed by atoms with Gasteiger partial charge < -0.3 is 14.5 Å². The number of hydrogen-bond acceptors (Lipinski definition) is 4. The highest BCUT2D eigenvalue weighted by Crippen LogP contribution is 2.43. The fourth-order valence-electron chi connectivity index (χ4n) is 3.58. The van der Waals surface area contributed by atoms with Gasteiger partial charge in [-0.15, -0.1) is 11.3 Å². The minimum Gasteiger partial charge on any atom is -0.497 e. The molecule has 1 aromatic carbocycles. The lowest BCUT2D eigenvalue weighted by Crippen LogP contribution is -2.51. The van der Waals surface area contributed by atoms with Crippen molar-refractivity contribution < 1.29 is 14.3 Å². The van der Waals surface area contributed by atoms with Crippen molar-refractivity contribution in [3.05, 3.63) is 51.7 Å². The molecule has 2 amide bonds. The standard InChI is InChI=1S/C21H24N2O3S/c1-26-17-4-2-3-15(13-17)14-19(24)22-8-10-23(11-9-22)21(25)20-18(7-12-27-20)16-5-6-16/h2-4,7,12-13,16H,5-6,8-11,14H2,1H3. The van der Waals surface area contributed by atoms with Gasteiger partial charge in [-0.05, 0) is 53.5 Å². The third-order valence-corrected chi connectivity index (χ3v) is 6.23. The Hall–Kier alpha value is -2.34. The number of nitrogens with zero attached hydrogens (tertiary/aromatic N) is 2. The Kier molecular flexibility index (Phi) is 5.16. The highest BCUT2D eigenvalue weighted by Gasteiger charge is 2.32. The molecule has 2 fully saturated rings. The number of carbonyl (C=O) groups is 2. The van der Waals surface area contributed by atoms with Crippen LogP contribution in [0.2, 0.25) is 0 Å². The zero-order valence-corrected chi connectivity index (χ0v) is 16.3. The second kappa shape index (κ2) is 7.72. The van der Waals surface area contributed by atoms with Crippen LogP contribution in [-0.4, -0.2) is 54.9 Å². The van der Waals surface area contributed by atoms with E-state index in [1.54, 1.807) is 18.4 Å². The summed E-state index contributed by atoms with van der Waals surface area (Å²) in [6, 6.07) is 9.71. The largest absolute Gasteiger partial charge is 0.497 e. The number of ether oxygens (including phenoxy) is 1. The molecule has 0 radical (unpaired) electrons. The first-order chi connectivity index (χ1) is 13.2. The average Bonchev–Trinajstić information content (AvgIpc) is 3.44. The van der Waals surface area contributed by atoms with Gasteiger partial charge in [0.2, 0.25) is 5.91 Å². The molecule has 27 heavy (non-hydrogen) atoms. The van der Waals surface area contributed by atoms with E-state index < -0.39 is 0 Å². The molecule has 1 saturated heterocycles. The molecule has 2 aromatic rings. The molecule has 0 atom stereocenters. The Bertz CT molecular complexity index is 835. The number of thiophene rings is 1. The lowest BCUT2D eigenvalue weighted by Gasteiger charge is -2.35. The highest BCUT2D eigenvalue weighted by molar-refractivity contribution is 7.12. The van der Waals surface area contributed by atoms with Gasteiger partial charge in [-0.3, -0.25) is 9.59 Å². The van der Waals surface area contributed by atoms with Gasteiger partial charge in [0.05, 0.1) is 18.4 Å². The van der Waals surface area contributed by atoms with Crippen LogP contribution in [-0.2, 0) is 11.2 Å². The van der Waals surface area contributed by atoms with Gasteiger partial charge in [0, 0.05) is 26.2 Å². The van der Waals surface area contributed by atoms with Crippen LogP contribution in [0.25, 0.3) is 0 Å². The number of benzene rings is 1. The predicted octanol–water partition coefficient (Wildman–Crippen LogP) is 3.16. The third-order valence-electron chi connectivity index (χ3n) is 5.32. The van der Waals surface area contributed by atoms with Crippen LogP contribution in [0.4, 0.5) is 0 Å². The van der Waals surface area contributed by atoms with Crippen molar-refractivity contribution >= 4 is 23.2 Å². The third kappa shape index (κ3) is 4.00. The van der Waals surface area contributed by atoms with Gasteiger partial charge in [-0.2, -0.15) is 0 Å². The highest BCUT2D eigenvalue weighted by atomic mass is 32.1. The molecule has 0 spiro atoms. The van der Waals surface area contributed by atoms with E-state index in [-0.39, 0.29) is 11.8 Å². The van der Waals surface area contributed by atoms with Crippen molar-refractivity contribution in [1.82, 2.24) is 9.80 Å². The van der Waals surface area contributed by atoms with Crippen molar-refractivity contribution in [1.29, 1.82) is 0 Å². The maximum absolute atomic E-state index is 12.9. The summed E-state index contributed by atoms with van der Waals surface area (Å²) in [6.07, 6.45) is 2.76. The first-order valence-corrected chi connectivity index (χ1v) is 10.3. The second-order valence-electron chi connectivity index (χ2n) is 7.18. The summed E-state index contributed by atoms with van der Waals surface area (Å²) in [5.74, 6) is 1.58. The molecule has 4 rings (SSSR count). The molecule has 1 saturated carbocycles. The van der Waals surface area contributed by atoms with Gasteiger partial charge in [0.15, 0.2) is 0 Å². The van der Waals surface area contributed by atoms with E-state index in [0.717, 1.165) is 16.2 Å². The molecule has 2 aliphatic rings. The predicted molar refractivity (Wildman–Crippen MR) is 105 cm³/mol. The van der Waals surface area contributed by atoms with Crippen LogP contribution in [0.5, 0.6) is 5.75 Å². The summed E-state index contributed by atoms with van der Waals surface area (Å²) in [6.45, 7) is 2.40. The van der Waals surface area contributed by atoms with E-state index in [1.807, 2.05) is 39.4 Å². The van der Waals surface area contributed by atoms with Gasteiger partial charge in [-0.1, -0.05) is 12.1 Å². The number of amides is 2. The maximum Gasteiger partial charge on any atom is 0.264 e. The van der Waals surface area contributed by atoms with Crippen LogP contribution in [0.1, 0.15) is 39.6 Å². The molecular formula is C21H24N2O3S. The summed E-state index contributed by atoms with van der Waals surface area (Å²) < 4.78 is 5.22. The summed E-state index contributed by atoms with van der Waals surface area (Å²) in [7, 11) is 1.62.